The molecule has 2 saturated heterocycles. The molecular weight excluding hydrogens is 491 g/mol. The number of aliphatic imine (C=N–C) groups is 1. The maximum Gasteiger partial charge on any atom is 0.244 e. The zero-order valence-corrected chi connectivity index (χ0v) is 20.5. The molecule has 0 aliphatic carbocycles. The van der Waals surface area contributed by atoms with Crippen LogP contribution in [0.5, 0.6) is 0 Å². The molecule has 3 rings (SSSR count). The lowest BCUT2D eigenvalue weighted by atomic mass is 10.2. The molecule has 1 amide bonds. The fraction of sp³-hybridized carbons (Fsp3) is 0.636. The van der Waals surface area contributed by atoms with Gasteiger partial charge in [-0.3, -0.25) is 14.6 Å². The van der Waals surface area contributed by atoms with Crippen molar-refractivity contribution in [1.29, 1.82) is 0 Å². The van der Waals surface area contributed by atoms with Crippen molar-refractivity contribution in [2.24, 2.45) is 4.99 Å². The molecule has 2 heterocycles. The molecule has 0 unspecified atom stereocenters. The van der Waals surface area contributed by atoms with Crippen LogP contribution in [0.4, 0.5) is 0 Å². The van der Waals surface area contributed by atoms with Gasteiger partial charge >= 0.3 is 0 Å². The van der Waals surface area contributed by atoms with E-state index >= 15 is 0 Å². The molecule has 1 aromatic carbocycles. The fourth-order valence-electron chi connectivity index (χ4n) is 3.90. The number of benzene rings is 1. The minimum Gasteiger partial charge on any atom is -0.357 e. The number of likely N-dealkylation sites (tertiary alicyclic amines) is 1. The molecule has 0 bridgehead atoms. The summed E-state index contributed by atoms with van der Waals surface area (Å²) in [6, 6.07) is 10.7. The zero-order valence-electron chi connectivity index (χ0n) is 18.2. The largest absolute Gasteiger partial charge is 0.357 e. The van der Waals surface area contributed by atoms with Gasteiger partial charge in [-0.1, -0.05) is 30.3 Å². The van der Waals surface area contributed by atoms with Crippen molar-refractivity contribution >= 4 is 35.8 Å². The van der Waals surface area contributed by atoms with Gasteiger partial charge in [0.1, 0.15) is 6.54 Å². The maximum absolute atomic E-state index is 12.2. The van der Waals surface area contributed by atoms with Crippen molar-refractivity contribution in [3.05, 3.63) is 35.9 Å². The van der Waals surface area contributed by atoms with E-state index < -0.39 is 0 Å². The van der Waals surface area contributed by atoms with Crippen molar-refractivity contribution in [1.82, 2.24) is 25.3 Å². The second-order valence-electron chi connectivity index (χ2n) is 7.81. The lowest BCUT2D eigenvalue weighted by Gasteiger charge is -2.34. The fourth-order valence-corrected chi connectivity index (χ4v) is 3.90. The molecule has 0 saturated carbocycles. The summed E-state index contributed by atoms with van der Waals surface area (Å²) in [5.41, 5.74) is 1.39. The van der Waals surface area contributed by atoms with E-state index in [2.05, 4.69) is 55.8 Å². The Morgan fingerprint density at radius 2 is 1.63 bits per heavy atom. The van der Waals surface area contributed by atoms with Crippen molar-refractivity contribution in [3.8, 4) is 0 Å². The number of carbonyl (C=O) groups is 1. The Kier molecular flexibility index (Phi) is 11.5. The van der Waals surface area contributed by atoms with Crippen LogP contribution < -0.4 is 10.6 Å². The molecule has 30 heavy (non-hydrogen) atoms. The summed E-state index contributed by atoms with van der Waals surface area (Å²) in [5, 5.41) is 6.62. The first-order chi connectivity index (χ1) is 14.2. The first kappa shape index (κ1) is 24.9. The lowest BCUT2D eigenvalue weighted by molar-refractivity contribution is -0.128. The number of halogens is 1. The van der Waals surface area contributed by atoms with E-state index in [4.69, 9.17) is 0 Å². The third-order valence-electron chi connectivity index (χ3n) is 5.61. The summed E-state index contributed by atoms with van der Waals surface area (Å²) in [6.45, 7) is 12.1. The highest BCUT2D eigenvalue weighted by molar-refractivity contribution is 14.0. The van der Waals surface area contributed by atoms with Crippen LogP contribution in [-0.2, 0) is 11.3 Å². The summed E-state index contributed by atoms with van der Waals surface area (Å²) in [4.78, 5) is 23.6. The summed E-state index contributed by atoms with van der Waals surface area (Å²) < 4.78 is 0. The van der Waals surface area contributed by atoms with E-state index in [0.717, 1.165) is 84.2 Å². The maximum atomic E-state index is 12.2. The molecule has 7 nitrogen and oxygen atoms in total. The van der Waals surface area contributed by atoms with Crippen LogP contribution in [0.3, 0.4) is 0 Å². The number of carbonyl (C=O) groups excluding carboxylic acids is 1. The standard InChI is InChI=1S/C22H36N6O.HI/c1-2-23-22(25-18-21(29)28-11-6-7-12-28)24-10-13-26-14-16-27(17-15-26)19-20-8-4-3-5-9-20;/h3-5,8-9H,2,6-7,10-19H2,1H3,(H2,23,24,25);1H. The Morgan fingerprint density at radius 1 is 0.967 bits per heavy atom. The Balaban J connectivity index is 0.00000320. The molecule has 0 spiro atoms. The van der Waals surface area contributed by atoms with Gasteiger partial charge in [0.05, 0.1) is 0 Å². The molecule has 2 aliphatic rings. The average Bonchev–Trinajstić information content (AvgIpc) is 3.29. The second-order valence-corrected chi connectivity index (χ2v) is 7.81. The molecule has 168 valence electrons. The Labute approximate surface area is 198 Å². The van der Waals surface area contributed by atoms with Gasteiger partial charge in [0.25, 0.3) is 0 Å². The van der Waals surface area contributed by atoms with Crippen LogP contribution >= 0.6 is 24.0 Å². The zero-order chi connectivity index (χ0) is 20.3. The quantitative estimate of drug-likeness (QED) is 0.305. The molecule has 0 radical (unpaired) electrons. The topological polar surface area (TPSA) is 63.2 Å². The lowest BCUT2D eigenvalue weighted by Crippen LogP contribution is -2.49. The van der Waals surface area contributed by atoms with Crippen LogP contribution in [0, 0.1) is 0 Å². The van der Waals surface area contributed by atoms with Crippen LogP contribution in [-0.4, -0.2) is 92.0 Å². The molecule has 1 aromatic rings. The third-order valence-corrected chi connectivity index (χ3v) is 5.61. The smallest absolute Gasteiger partial charge is 0.244 e. The number of rotatable bonds is 8. The van der Waals surface area contributed by atoms with Gasteiger partial charge in [-0.15, -0.1) is 24.0 Å². The first-order valence-corrected chi connectivity index (χ1v) is 11.0. The van der Waals surface area contributed by atoms with Gasteiger partial charge in [-0.2, -0.15) is 0 Å². The van der Waals surface area contributed by atoms with Crippen molar-refractivity contribution in [2.45, 2.75) is 26.3 Å². The minimum atomic E-state index is 0. The Bertz CT molecular complexity index is 642. The van der Waals surface area contributed by atoms with Crippen LogP contribution in [0.15, 0.2) is 35.3 Å². The van der Waals surface area contributed by atoms with Crippen molar-refractivity contribution < 1.29 is 4.79 Å². The van der Waals surface area contributed by atoms with Gasteiger partial charge in [0.2, 0.25) is 5.91 Å². The van der Waals surface area contributed by atoms with Gasteiger partial charge in [-0.25, -0.2) is 4.99 Å². The van der Waals surface area contributed by atoms with E-state index in [-0.39, 0.29) is 36.4 Å². The number of guanidine groups is 1. The van der Waals surface area contributed by atoms with Gasteiger partial charge in [0.15, 0.2) is 5.96 Å². The van der Waals surface area contributed by atoms with E-state index in [1.165, 1.54) is 5.56 Å². The molecule has 2 aliphatic heterocycles. The molecule has 0 atom stereocenters. The number of hydrogen-bond donors (Lipinski definition) is 2. The highest BCUT2D eigenvalue weighted by Gasteiger charge is 2.18. The summed E-state index contributed by atoms with van der Waals surface area (Å²) in [7, 11) is 0. The highest BCUT2D eigenvalue weighted by Crippen LogP contribution is 2.08. The monoisotopic (exact) mass is 528 g/mol. The highest BCUT2D eigenvalue weighted by atomic mass is 127. The van der Waals surface area contributed by atoms with Crippen molar-refractivity contribution in [2.75, 3.05) is 65.4 Å². The second kappa shape index (κ2) is 13.8. The van der Waals surface area contributed by atoms with Gasteiger partial charge in [0, 0.05) is 65.4 Å². The van der Waals surface area contributed by atoms with Crippen LogP contribution in [0.1, 0.15) is 25.3 Å². The third kappa shape index (κ3) is 8.39. The van der Waals surface area contributed by atoms with Gasteiger partial charge < -0.3 is 15.5 Å². The summed E-state index contributed by atoms with van der Waals surface area (Å²) in [6.07, 6.45) is 2.23. The van der Waals surface area contributed by atoms with Crippen molar-refractivity contribution in [3.63, 3.8) is 0 Å². The van der Waals surface area contributed by atoms with E-state index in [0.29, 0.717) is 0 Å². The van der Waals surface area contributed by atoms with E-state index in [1.807, 2.05) is 11.8 Å². The number of hydrogen-bond acceptors (Lipinski definition) is 4. The summed E-state index contributed by atoms with van der Waals surface area (Å²) in [5.74, 6) is 0.872. The van der Waals surface area contributed by atoms with Crippen LogP contribution in [0.25, 0.3) is 0 Å². The predicted molar refractivity (Wildman–Crippen MR) is 133 cm³/mol. The van der Waals surface area contributed by atoms with E-state index in [1.54, 1.807) is 0 Å². The predicted octanol–water partition coefficient (Wildman–Crippen LogP) is 1.60. The SMILES string of the molecule is CCNC(=NCC(=O)N1CCCC1)NCCN1CCN(Cc2ccccc2)CC1.I. The normalized spacial score (nSPS) is 18.2. The average molecular weight is 528 g/mol. The van der Waals surface area contributed by atoms with Crippen LogP contribution in [0.2, 0.25) is 0 Å². The number of piperazine rings is 1. The van der Waals surface area contributed by atoms with Gasteiger partial charge in [-0.05, 0) is 25.3 Å². The summed E-state index contributed by atoms with van der Waals surface area (Å²) >= 11 is 0. The molecular formula is C22H37IN6O. The number of nitrogens with one attached hydrogen (secondary N) is 2. The molecule has 0 aromatic heterocycles. The molecule has 2 fully saturated rings. The Hall–Kier alpha value is -1.39. The minimum absolute atomic E-state index is 0. The van der Waals surface area contributed by atoms with E-state index in [9.17, 15) is 4.79 Å². The first-order valence-electron chi connectivity index (χ1n) is 11.0. The number of amides is 1. The Morgan fingerprint density at radius 3 is 2.30 bits per heavy atom. The molecule has 8 heteroatoms. The molecule has 2 N–H and O–H groups in total. The number of nitrogens with zero attached hydrogens (tertiary/aromatic N) is 4.